The number of methoxy groups -OCH3 is 2. The first-order valence-corrected chi connectivity index (χ1v) is 6.64. The molecular weight excluding hydrogens is 318 g/mol. The molecule has 0 aliphatic heterocycles. The highest BCUT2D eigenvalue weighted by Gasteiger charge is 2.14. The molecule has 0 saturated heterocycles. The summed E-state index contributed by atoms with van der Waals surface area (Å²) in [7, 11) is 2.95. The summed E-state index contributed by atoms with van der Waals surface area (Å²) in [4.78, 5) is 16.1. The molecule has 0 amide bonds. The molecule has 0 atom stereocenters. The number of ether oxygens (including phenoxy) is 2. The summed E-state index contributed by atoms with van der Waals surface area (Å²) in [5.74, 6) is 0.330. The summed E-state index contributed by atoms with van der Waals surface area (Å²) >= 11 is 4.67. The van der Waals surface area contributed by atoms with Crippen LogP contribution in [0.4, 0.5) is 0 Å². The average molecular weight is 328 g/mol. The third-order valence-corrected chi connectivity index (χ3v) is 3.79. The quantitative estimate of drug-likeness (QED) is 0.811. The van der Waals surface area contributed by atoms with Crippen molar-refractivity contribution in [3.63, 3.8) is 0 Å². The molecule has 0 bridgehead atoms. The van der Waals surface area contributed by atoms with Crippen LogP contribution in [0, 0.1) is 0 Å². The molecule has 1 aromatic heterocycles. The van der Waals surface area contributed by atoms with E-state index in [2.05, 4.69) is 25.7 Å². The highest BCUT2D eigenvalue weighted by atomic mass is 79.9. The molecule has 1 aromatic carbocycles. The standard InChI is InChI=1S/C12H10BrNO3S/c1-16-9-4-3-7(13)5-8(9)11-14-6-10(18-11)12(15)17-2/h3-6H,1-2H3. The van der Waals surface area contributed by atoms with Crippen LogP contribution in [0.25, 0.3) is 10.6 Å². The van der Waals surface area contributed by atoms with Crippen LogP contribution >= 0.6 is 27.3 Å². The minimum atomic E-state index is -0.382. The number of carbonyl (C=O) groups excluding carboxylic acids is 1. The van der Waals surface area contributed by atoms with Gasteiger partial charge in [0, 0.05) is 4.47 Å². The molecular formula is C12H10BrNO3S. The van der Waals surface area contributed by atoms with E-state index < -0.39 is 0 Å². The second-order valence-electron chi connectivity index (χ2n) is 3.37. The third kappa shape index (κ3) is 2.54. The van der Waals surface area contributed by atoms with Gasteiger partial charge < -0.3 is 9.47 Å². The Kier molecular flexibility index (Phi) is 3.98. The van der Waals surface area contributed by atoms with Crippen LogP contribution in [-0.4, -0.2) is 25.2 Å². The van der Waals surface area contributed by atoms with E-state index in [1.807, 2.05) is 18.2 Å². The predicted molar refractivity (Wildman–Crippen MR) is 73.1 cm³/mol. The van der Waals surface area contributed by atoms with Gasteiger partial charge in [-0.05, 0) is 18.2 Å². The van der Waals surface area contributed by atoms with Crippen LogP contribution in [0.15, 0.2) is 28.9 Å². The number of aromatic nitrogens is 1. The van der Waals surface area contributed by atoms with Gasteiger partial charge in [-0.15, -0.1) is 11.3 Å². The number of rotatable bonds is 3. The van der Waals surface area contributed by atoms with Gasteiger partial charge in [-0.3, -0.25) is 0 Å². The van der Waals surface area contributed by atoms with Gasteiger partial charge in [0.1, 0.15) is 15.6 Å². The summed E-state index contributed by atoms with van der Waals surface area (Å²) in [6, 6.07) is 5.63. The van der Waals surface area contributed by atoms with Crippen LogP contribution in [-0.2, 0) is 4.74 Å². The molecule has 0 saturated carbocycles. The van der Waals surface area contributed by atoms with Crippen molar-refractivity contribution >= 4 is 33.2 Å². The number of hydrogen-bond donors (Lipinski definition) is 0. The number of benzene rings is 1. The smallest absolute Gasteiger partial charge is 0.349 e. The van der Waals surface area contributed by atoms with Crippen molar-refractivity contribution in [3.8, 4) is 16.3 Å². The SMILES string of the molecule is COC(=O)c1cnc(-c2cc(Br)ccc2OC)s1. The molecule has 2 aromatic rings. The Morgan fingerprint density at radius 3 is 2.83 bits per heavy atom. The van der Waals surface area contributed by atoms with Gasteiger partial charge in [-0.1, -0.05) is 15.9 Å². The topological polar surface area (TPSA) is 48.4 Å². The molecule has 1 heterocycles. The molecule has 4 nitrogen and oxygen atoms in total. The van der Waals surface area contributed by atoms with E-state index in [1.54, 1.807) is 7.11 Å². The second kappa shape index (κ2) is 5.49. The van der Waals surface area contributed by atoms with E-state index in [0.29, 0.717) is 15.6 Å². The molecule has 0 fully saturated rings. The number of hydrogen-bond acceptors (Lipinski definition) is 5. The monoisotopic (exact) mass is 327 g/mol. The number of halogens is 1. The van der Waals surface area contributed by atoms with Gasteiger partial charge in [0.05, 0.1) is 26.0 Å². The zero-order valence-corrected chi connectivity index (χ0v) is 12.2. The maximum atomic E-state index is 11.4. The van der Waals surface area contributed by atoms with E-state index in [9.17, 15) is 4.79 Å². The van der Waals surface area contributed by atoms with Gasteiger partial charge in [0.2, 0.25) is 0 Å². The van der Waals surface area contributed by atoms with Crippen molar-refractivity contribution < 1.29 is 14.3 Å². The number of esters is 1. The summed E-state index contributed by atoms with van der Waals surface area (Å²) in [5.41, 5.74) is 0.840. The van der Waals surface area contributed by atoms with Gasteiger partial charge in [-0.25, -0.2) is 9.78 Å². The average Bonchev–Trinajstić information content (AvgIpc) is 2.87. The Morgan fingerprint density at radius 1 is 1.39 bits per heavy atom. The summed E-state index contributed by atoms with van der Waals surface area (Å²) in [6.45, 7) is 0. The van der Waals surface area contributed by atoms with E-state index in [1.165, 1.54) is 24.6 Å². The fourth-order valence-corrected chi connectivity index (χ4v) is 2.66. The van der Waals surface area contributed by atoms with Crippen molar-refractivity contribution in [2.75, 3.05) is 14.2 Å². The maximum Gasteiger partial charge on any atom is 0.349 e. The number of carbonyl (C=O) groups is 1. The predicted octanol–water partition coefficient (Wildman–Crippen LogP) is 3.37. The number of nitrogens with zero attached hydrogens (tertiary/aromatic N) is 1. The highest BCUT2D eigenvalue weighted by molar-refractivity contribution is 9.10. The lowest BCUT2D eigenvalue weighted by molar-refractivity contribution is 0.0606. The van der Waals surface area contributed by atoms with Crippen molar-refractivity contribution in [2.24, 2.45) is 0 Å². The molecule has 0 spiro atoms. The largest absolute Gasteiger partial charge is 0.496 e. The lowest BCUT2D eigenvalue weighted by atomic mass is 10.2. The van der Waals surface area contributed by atoms with Gasteiger partial charge in [0.25, 0.3) is 0 Å². The van der Waals surface area contributed by atoms with Crippen LogP contribution < -0.4 is 4.74 Å². The molecule has 18 heavy (non-hydrogen) atoms. The number of thiazole rings is 1. The minimum Gasteiger partial charge on any atom is -0.496 e. The minimum absolute atomic E-state index is 0.382. The van der Waals surface area contributed by atoms with Crippen molar-refractivity contribution in [2.45, 2.75) is 0 Å². The first-order chi connectivity index (χ1) is 8.65. The fraction of sp³-hybridized carbons (Fsp3) is 0.167. The van der Waals surface area contributed by atoms with E-state index in [0.717, 1.165) is 10.0 Å². The third-order valence-electron chi connectivity index (χ3n) is 2.28. The van der Waals surface area contributed by atoms with Gasteiger partial charge >= 0.3 is 5.97 Å². The molecule has 0 radical (unpaired) electrons. The van der Waals surface area contributed by atoms with Gasteiger partial charge in [-0.2, -0.15) is 0 Å². The van der Waals surface area contributed by atoms with Crippen molar-refractivity contribution in [1.82, 2.24) is 4.98 Å². The molecule has 0 aliphatic carbocycles. The Bertz CT molecular complexity index is 582. The zero-order valence-electron chi connectivity index (χ0n) is 9.77. The van der Waals surface area contributed by atoms with Crippen LogP contribution in [0.3, 0.4) is 0 Å². The van der Waals surface area contributed by atoms with Gasteiger partial charge in [0.15, 0.2) is 0 Å². The maximum absolute atomic E-state index is 11.4. The van der Waals surface area contributed by atoms with Crippen LogP contribution in [0.5, 0.6) is 5.75 Å². The lowest BCUT2D eigenvalue weighted by Crippen LogP contribution is -1.96. The molecule has 6 heteroatoms. The summed E-state index contributed by atoms with van der Waals surface area (Å²) < 4.78 is 10.9. The van der Waals surface area contributed by atoms with E-state index in [4.69, 9.17) is 4.74 Å². The molecule has 2 rings (SSSR count). The molecule has 0 aliphatic rings. The lowest BCUT2D eigenvalue weighted by Gasteiger charge is -2.05. The second-order valence-corrected chi connectivity index (χ2v) is 5.31. The highest BCUT2D eigenvalue weighted by Crippen LogP contribution is 2.35. The summed E-state index contributed by atoms with van der Waals surface area (Å²) in [6.07, 6.45) is 1.51. The Morgan fingerprint density at radius 2 is 2.17 bits per heavy atom. The van der Waals surface area contributed by atoms with Crippen LogP contribution in [0.1, 0.15) is 9.67 Å². The zero-order chi connectivity index (χ0) is 13.1. The van der Waals surface area contributed by atoms with E-state index >= 15 is 0 Å². The Labute approximate surface area is 117 Å². The van der Waals surface area contributed by atoms with E-state index in [-0.39, 0.29) is 5.97 Å². The first-order valence-electron chi connectivity index (χ1n) is 5.03. The van der Waals surface area contributed by atoms with Crippen molar-refractivity contribution in [1.29, 1.82) is 0 Å². The Balaban J connectivity index is 2.45. The van der Waals surface area contributed by atoms with Crippen LogP contribution in [0.2, 0.25) is 0 Å². The normalized spacial score (nSPS) is 10.2. The molecule has 94 valence electrons. The molecule has 0 N–H and O–H groups in total. The fourth-order valence-electron chi connectivity index (χ4n) is 1.44. The first kappa shape index (κ1) is 13.0. The molecule has 0 unspecified atom stereocenters. The Hall–Kier alpha value is -1.40. The van der Waals surface area contributed by atoms with Crippen molar-refractivity contribution in [3.05, 3.63) is 33.7 Å². The summed E-state index contributed by atoms with van der Waals surface area (Å²) in [5, 5.41) is 0.716.